The van der Waals surface area contributed by atoms with Crippen molar-refractivity contribution < 1.29 is 19.2 Å². The van der Waals surface area contributed by atoms with Gasteiger partial charge >= 0.3 is 0 Å². The number of nitrogens with one attached hydrogen (secondary N) is 1. The third-order valence-corrected chi connectivity index (χ3v) is 3.77. The maximum absolute atomic E-state index is 12.2. The molecule has 0 spiro atoms. The zero-order valence-corrected chi connectivity index (χ0v) is 13.3. The summed E-state index contributed by atoms with van der Waals surface area (Å²) in [5, 5.41) is 13.5. The van der Waals surface area contributed by atoms with Crippen LogP contribution in [-0.4, -0.2) is 22.2 Å². The van der Waals surface area contributed by atoms with Gasteiger partial charge in [0.05, 0.1) is 17.2 Å². The van der Waals surface area contributed by atoms with Crippen LogP contribution in [0, 0.1) is 10.1 Å². The minimum atomic E-state index is -0.622. The van der Waals surface area contributed by atoms with E-state index in [2.05, 4.69) is 5.32 Å². The van der Waals surface area contributed by atoms with Crippen molar-refractivity contribution in [3.05, 3.63) is 62.6 Å². The molecule has 2 heterocycles. The normalized spacial score (nSPS) is 13.3. The van der Waals surface area contributed by atoms with Gasteiger partial charge in [0, 0.05) is 12.1 Å². The molecule has 3 rings (SSSR count). The Morgan fingerprint density at radius 3 is 2.84 bits per heavy atom. The molecule has 1 aliphatic rings. The van der Waals surface area contributed by atoms with E-state index in [0.717, 1.165) is 28.5 Å². The van der Waals surface area contributed by atoms with Crippen LogP contribution in [0.1, 0.15) is 18.5 Å². The lowest BCUT2D eigenvalue weighted by Crippen LogP contribution is -2.33. The van der Waals surface area contributed by atoms with Crippen LogP contribution in [0.25, 0.3) is 0 Å². The summed E-state index contributed by atoms with van der Waals surface area (Å²) in [5.74, 6) is 0.812. The molecular formula is C16H15N3O6. The van der Waals surface area contributed by atoms with Crippen molar-refractivity contribution in [1.29, 1.82) is 0 Å². The average Bonchev–Trinajstić information content (AvgIpc) is 3.04. The lowest BCUT2D eigenvalue weighted by atomic mass is 10.1. The first-order valence-corrected chi connectivity index (χ1v) is 7.48. The van der Waals surface area contributed by atoms with Crippen LogP contribution in [0.5, 0.6) is 11.5 Å². The summed E-state index contributed by atoms with van der Waals surface area (Å²) in [5.41, 5.74) is 0.0664. The minimum absolute atomic E-state index is 0.162. The molecule has 1 amide bonds. The number of ether oxygens (including phenoxy) is 2. The number of benzene rings is 1. The number of carbonyl (C=O) groups is 1. The molecule has 2 aromatic rings. The number of nitro groups is 1. The summed E-state index contributed by atoms with van der Waals surface area (Å²) in [6.07, 6.45) is 1.05. The van der Waals surface area contributed by atoms with Crippen LogP contribution in [0.3, 0.4) is 0 Å². The molecule has 0 bridgehead atoms. The van der Waals surface area contributed by atoms with Crippen LogP contribution < -0.4 is 20.3 Å². The maximum atomic E-state index is 12.2. The molecule has 0 saturated carbocycles. The van der Waals surface area contributed by atoms with Gasteiger partial charge in [-0.05, 0) is 24.6 Å². The first kappa shape index (κ1) is 16.5. The number of hydrogen-bond acceptors (Lipinski definition) is 6. The predicted octanol–water partition coefficient (Wildman–Crippen LogP) is 1.36. The Hall–Kier alpha value is -3.36. The van der Waals surface area contributed by atoms with Gasteiger partial charge in [-0.2, -0.15) is 0 Å². The van der Waals surface area contributed by atoms with E-state index in [0.29, 0.717) is 11.5 Å². The number of hydrogen-bond donors (Lipinski definition) is 1. The van der Waals surface area contributed by atoms with Gasteiger partial charge in [0.25, 0.3) is 11.2 Å². The highest BCUT2D eigenvalue weighted by Crippen LogP contribution is 2.34. The number of pyridine rings is 1. The molecule has 25 heavy (non-hydrogen) atoms. The van der Waals surface area contributed by atoms with Crippen LogP contribution in [0.4, 0.5) is 5.69 Å². The Labute approximate surface area is 141 Å². The van der Waals surface area contributed by atoms with Gasteiger partial charge in [0.2, 0.25) is 12.7 Å². The van der Waals surface area contributed by atoms with E-state index in [-0.39, 0.29) is 25.1 Å². The fourth-order valence-corrected chi connectivity index (χ4v) is 2.46. The van der Waals surface area contributed by atoms with Gasteiger partial charge in [-0.15, -0.1) is 0 Å². The van der Waals surface area contributed by atoms with E-state index < -0.39 is 16.4 Å². The second-order valence-corrected chi connectivity index (χ2v) is 5.51. The third kappa shape index (κ3) is 3.60. The van der Waals surface area contributed by atoms with Crippen LogP contribution in [-0.2, 0) is 11.3 Å². The van der Waals surface area contributed by atoms with Crippen LogP contribution >= 0.6 is 0 Å². The fourth-order valence-electron chi connectivity index (χ4n) is 2.46. The summed E-state index contributed by atoms with van der Waals surface area (Å²) < 4.78 is 11.5. The van der Waals surface area contributed by atoms with Gasteiger partial charge in [-0.1, -0.05) is 6.07 Å². The number of fused-ring (bicyclic) bond motifs is 1. The van der Waals surface area contributed by atoms with E-state index in [1.807, 2.05) is 0 Å². The van der Waals surface area contributed by atoms with Crippen LogP contribution in [0.15, 0.2) is 41.3 Å². The van der Waals surface area contributed by atoms with E-state index >= 15 is 0 Å². The number of carbonyl (C=O) groups excluding carboxylic acids is 1. The SMILES string of the molecule is C[C@@H](NC(=O)Cn1cc([N+](=O)[O-])ccc1=O)c1ccc2c(c1)OCO2. The molecule has 1 aliphatic heterocycles. The highest BCUT2D eigenvalue weighted by Gasteiger charge is 2.17. The molecule has 130 valence electrons. The van der Waals surface area contributed by atoms with Crippen molar-refractivity contribution >= 4 is 11.6 Å². The molecule has 1 atom stereocenters. The quantitative estimate of drug-likeness (QED) is 0.647. The standard InChI is InChI=1S/C16H15N3O6/c1-10(11-2-4-13-14(6-11)25-9-24-13)17-15(20)8-18-7-12(19(22)23)3-5-16(18)21/h2-7,10H,8-9H2,1H3,(H,17,20)/t10-/m1/s1. The zero-order chi connectivity index (χ0) is 18.0. The molecule has 0 aliphatic carbocycles. The Balaban J connectivity index is 1.69. The van der Waals surface area contributed by atoms with Crippen molar-refractivity contribution in [2.75, 3.05) is 6.79 Å². The summed E-state index contributed by atoms with van der Waals surface area (Å²) >= 11 is 0. The van der Waals surface area contributed by atoms with Gasteiger partial charge in [-0.25, -0.2) is 0 Å². The first-order valence-electron chi connectivity index (χ1n) is 7.48. The fraction of sp³-hybridized carbons (Fsp3) is 0.250. The Kier molecular flexibility index (Phi) is 4.38. The highest BCUT2D eigenvalue weighted by molar-refractivity contribution is 5.76. The molecule has 0 fully saturated rings. The lowest BCUT2D eigenvalue weighted by molar-refractivity contribution is -0.385. The van der Waals surface area contributed by atoms with Gasteiger partial charge in [0.15, 0.2) is 11.5 Å². The summed E-state index contributed by atoms with van der Waals surface area (Å²) in [7, 11) is 0. The smallest absolute Gasteiger partial charge is 0.285 e. The number of nitrogens with zero attached hydrogens (tertiary/aromatic N) is 2. The molecule has 9 heteroatoms. The molecule has 1 N–H and O–H groups in total. The van der Waals surface area contributed by atoms with Gasteiger partial charge in [-0.3, -0.25) is 24.3 Å². The second-order valence-electron chi connectivity index (χ2n) is 5.51. The first-order chi connectivity index (χ1) is 11.9. The largest absolute Gasteiger partial charge is 0.454 e. The monoisotopic (exact) mass is 345 g/mol. The Morgan fingerprint density at radius 1 is 1.32 bits per heavy atom. The summed E-state index contributed by atoms with van der Waals surface area (Å²) in [6.45, 7) is 1.64. The minimum Gasteiger partial charge on any atom is -0.454 e. The van der Waals surface area contributed by atoms with Crippen molar-refractivity contribution in [2.24, 2.45) is 0 Å². The van der Waals surface area contributed by atoms with Gasteiger partial charge < -0.3 is 14.8 Å². The zero-order valence-electron chi connectivity index (χ0n) is 13.3. The molecule has 0 radical (unpaired) electrons. The molecule has 1 aromatic carbocycles. The van der Waals surface area contributed by atoms with Crippen molar-refractivity contribution in [3.63, 3.8) is 0 Å². The number of aromatic nitrogens is 1. The summed E-state index contributed by atoms with van der Waals surface area (Å²) in [4.78, 5) is 34.1. The van der Waals surface area contributed by atoms with Crippen molar-refractivity contribution in [1.82, 2.24) is 9.88 Å². The van der Waals surface area contributed by atoms with E-state index in [1.165, 1.54) is 0 Å². The Bertz CT molecular complexity index is 892. The van der Waals surface area contributed by atoms with Gasteiger partial charge in [0.1, 0.15) is 6.54 Å². The topological polar surface area (TPSA) is 113 Å². The highest BCUT2D eigenvalue weighted by atomic mass is 16.7. The van der Waals surface area contributed by atoms with Crippen molar-refractivity contribution in [3.8, 4) is 11.5 Å². The van der Waals surface area contributed by atoms with Crippen LogP contribution in [0.2, 0.25) is 0 Å². The molecule has 1 aromatic heterocycles. The average molecular weight is 345 g/mol. The molecule has 9 nitrogen and oxygen atoms in total. The lowest BCUT2D eigenvalue weighted by Gasteiger charge is -2.15. The predicted molar refractivity (Wildman–Crippen MR) is 86.5 cm³/mol. The van der Waals surface area contributed by atoms with E-state index in [1.54, 1.807) is 25.1 Å². The second kappa shape index (κ2) is 6.63. The molecule has 0 saturated heterocycles. The van der Waals surface area contributed by atoms with E-state index in [4.69, 9.17) is 9.47 Å². The Morgan fingerprint density at radius 2 is 2.08 bits per heavy atom. The summed E-state index contributed by atoms with van der Waals surface area (Å²) in [6, 6.07) is 7.16. The molecule has 0 unspecified atom stereocenters. The number of rotatable bonds is 5. The molecular weight excluding hydrogens is 330 g/mol. The third-order valence-electron chi connectivity index (χ3n) is 3.77. The van der Waals surface area contributed by atoms with Crippen molar-refractivity contribution in [2.45, 2.75) is 19.5 Å². The number of amides is 1. The van der Waals surface area contributed by atoms with E-state index in [9.17, 15) is 19.7 Å². The maximum Gasteiger partial charge on any atom is 0.285 e.